The highest BCUT2D eigenvalue weighted by Crippen LogP contribution is 2.28. The molecule has 2 unspecified atom stereocenters. The average Bonchev–Trinajstić information content (AvgIpc) is 2.90. The molecule has 0 spiro atoms. The Bertz CT molecular complexity index is 367. The number of hydrogen-bond donors (Lipinski definition) is 1. The first-order valence-electron chi connectivity index (χ1n) is 6.70. The monoisotopic (exact) mass is 284 g/mol. The average molecular weight is 285 g/mol. The van der Waals surface area contributed by atoms with Gasteiger partial charge in [-0.3, -0.25) is 4.98 Å². The number of thioether (sulfide) groups is 1. The highest BCUT2D eigenvalue weighted by molar-refractivity contribution is 7.99. The summed E-state index contributed by atoms with van der Waals surface area (Å²) in [6.45, 7) is 3.31. The van der Waals surface area contributed by atoms with Gasteiger partial charge in [0.25, 0.3) is 0 Å². The van der Waals surface area contributed by atoms with E-state index in [1.807, 2.05) is 12.3 Å². The van der Waals surface area contributed by atoms with Gasteiger partial charge < -0.3 is 5.32 Å². The molecule has 1 saturated heterocycles. The van der Waals surface area contributed by atoms with E-state index in [9.17, 15) is 0 Å². The van der Waals surface area contributed by atoms with Crippen LogP contribution in [0, 0.1) is 5.92 Å². The third-order valence-electron chi connectivity index (χ3n) is 3.49. The van der Waals surface area contributed by atoms with Crippen LogP contribution in [0.2, 0.25) is 5.02 Å². The number of aromatic nitrogens is 1. The molecule has 2 nitrogen and oxygen atoms in total. The Hall–Kier alpha value is -0.250. The van der Waals surface area contributed by atoms with Crippen molar-refractivity contribution in [3.05, 3.63) is 29.0 Å². The molecule has 0 bridgehead atoms. The maximum absolute atomic E-state index is 6.21. The van der Waals surface area contributed by atoms with Crippen molar-refractivity contribution < 1.29 is 0 Å². The van der Waals surface area contributed by atoms with Crippen molar-refractivity contribution in [2.24, 2.45) is 5.92 Å². The molecule has 0 amide bonds. The minimum absolute atomic E-state index is 0.555. The topological polar surface area (TPSA) is 24.9 Å². The fraction of sp³-hybridized carbons (Fsp3) is 0.643. The first-order chi connectivity index (χ1) is 8.81. The van der Waals surface area contributed by atoms with Crippen LogP contribution in [0.15, 0.2) is 18.5 Å². The number of pyridine rings is 1. The minimum Gasteiger partial charge on any atom is -0.313 e. The van der Waals surface area contributed by atoms with Crippen LogP contribution in [0.25, 0.3) is 0 Å². The molecule has 1 N–H and O–H groups in total. The third kappa shape index (κ3) is 3.87. The lowest BCUT2D eigenvalue weighted by Gasteiger charge is -2.24. The van der Waals surface area contributed by atoms with Gasteiger partial charge in [0.15, 0.2) is 0 Å². The predicted molar refractivity (Wildman–Crippen MR) is 80.5 cm³/mol. The predicted octanol–water partition coefficient (Wildman–Crippen LogP) is 3.40. The molecule has 1 fully saturated rings. The van der Waals surface area contributed by atoms with E-state index >= 15 is 0 Å². The van der Waals surface area contributed by atoms with Crippen LogP contribution in [-0.2, 0) is 6.42 Å². The summed E-state index contributed by atoms with van der Waals surface area (Å²) in [5.41, 5.74) is 1.22. The molecule has 1 aromatic heterocycles. The Morgan fingerprint density at radius 2 is 2.50 bits per heavy atom. The SMILES string of the molecule is CCCNC(Cc1ccncc1Cl)C1CCSC1. The van der Waals surface area contributed by atoms with E-state index in [4.69, 9.17) is 11.6 Å². The molecule has 0 aliphatic carbocycles. The molecule has 100 valence electrons. The van der Waals surface area contributed by atoms with Crippen molar-refractivity contribution in [3.63, 3.8) is 0 Å². The van der Waals surface area contributed by atoms with E-state index in [1.165, 1.54) is 29.9 Å². The smallest absolute Gasteiger partial charge is 0.0621 e. The standard InChI is InChI=1S/C14H21ClN2S/c1-2-5-17-14(12-4-7-18-10-12)8-11-3-6-16-9-13(11)15/h3,6,9,12,14,17H,2,4-5,7-8,10H2,1H3. The van der Waals surface area contributed by atoms with E-state index in [2.05, 4.69) is 29.0 Å². The molecule has 0 radical (unpaired) electrons. The number of nitrogens with one attached hydrogen (secondary N) is 1. The molecule has 2 atom stereocenters. The van der Waals surface area contributed by atoms with Crippen LogP contribution in [-0.4, -0.2) is 29.1 Å². The first kappa shape index (κ1) is 14.2. The van der Waals surface area contributed by atoms with E-state index in [0.717, 1.165) is 23.9 Å². The number of nitrogens with zero attached hydrogens (tertiary/aromatic N) is 1. The van der Waals surface area contributed by atoms with Crippen molar-refractivity contribution in [2.45, 2.75) is 32.2 Å². The lowest BCUT2D eigenvalue weighted by atomic mass is 9.93. The van der Waals surface area contributed by atoms with Crippen LogP contribution in [0.4, 0.5) is 0 Å². The second-order valence-electron chi connectivity index (χ2n) is 4.86. The van der Waals surface area contributed by atoms with Gasteiger partial charge in [0.05, 0.1) is 5.02 Å². The molecule has 2 heterocycles. The van der Waals surface area contributed by atoms with E-state index in [1.54, 1.807) is 6.20 Å². The molecule has 2 rings (SSSR count). The van der Waals surface area contributed by atoms with Crippen molar-refractivity contribution >= 4 is 23.4 Å². The van der Waals surface area contributed by atoms with Crippen LogP contribution >= 0.6 is 23.4 Å². The van der Waals surface area contributed by atoms with Crippen LogP contribution in [0.5, 0.6) is 0 Å². The second kappa shape index (κ2) is 7.37. The van der Waals surface area contributed by atoms with Gasteiger partial charge in [0, 0.05) is 18.4 Å². The molecule has 0 aromatic carbocycles. The highest BCUT2D eigenvalue weighted by Gasteiger charge is 2.25. The lowest BCUT2D eigenvalue weighted by molar-refractivity contribution is 0.380. The van der Waals surface area contributed by atoms with E-state index in [-0.39, 0.29) is 0 Å². The molecular formula is C14H21ClN2S. The molecule has 18 heavy (non-hydrogen) atoms. The summed E-state index contributed by atoms with van der Waals surface area (Å²) in [5.74, 6) is 3.37. The van der Waals surface area contributed by atoms with Gasteiger partial charge in [-0.15, -0.1) is 0 Å². The number of halogens is 1. The fourth-order valence-corrected chi connectivity index (χ4v) is 3.95. The fourth-order valence-electron chi connectivity index (χ4n) is 2.41. The van der Waals surface area contributed by atoms with Gasteiger partial charge in [-0.25, -0.2) is 0 Å². The molecular weight excluding hydrogens is 264 g/mol. The quantitative estimate of drug-likeness (QED) is 0.867. The Kier molecular flexibility index (Phi) is 5.80. The summed E-state index contributed by atoms with van der Waals surface area (Å²) in [6, 6.07) is 2.60. The summed E-state index contributed by atoms with van der Waals surface area (Å²) >= 11 is 8.29. The summed E-state index contributed by atoms with van der Waals surface area (Å²) in [6.07, 6.45) is 7.11. The Morgan fingerprint density at radius 3 is 3.17 bits per heavy atom. The van der Waals surface area contributed by atoms with Gasteiger partial charge in [0.2, 0.25) is 0 Å². The van der Waals surface area contributed by atoms with Gasteiger partial charge in [-0.2, -0.15) is 11.8 Å². The van der Waals surface area contributed by atoms with Crippen molar-refractivity contribution in [1.29, 1.82) is 0 Å². The Balaban J connectivity index is 2.02. The second-order valence-corrected chi connectivity index (χ2v) is 6.41. The molecule has 1 aliphatic heterocycles. The van der Waals surface area contributed by atoms with Gasteiger partial charge in [0.1, 0.15) is 0 Å². The summed E-state index contributed by atoms with van der Waals surface area (Å²) in [7, 11) is 0. The van der Waals surface area contributed by atoms with Crippen molar-refractivity contribution in [2.75, 3.05) is 18.1 Å². The van der Waals surface area contributed by atoms with Crippen molar-refractivity contribution in [1.82, 2.24) is 10.3 Å². The van der Waals surface area contributed by atoms with Crippen molar-refractivity contribution in [3.8, 4) is 0 Å². The summed E-state index contributed by atoms with van der Waals surface area (Å²) in [5, 5.41) is 4.49. The number of rotatable bonds is 6. The Morgan fingerprint density at radius 1 is 1.61 bits per heavy atom. The van der Waals surface area contributed by atoms with Crippen LogP contribution in [0.3, 0.4) is 0 Å². The first-order valence-corrected chi connectivity index (χ1v) is 8.24. The largest absolute Gasteiger partial charge is 0.313 e. The van der Waals surface area contributed by atoms with Gasteiger partial charge in [-0.1, -0.05) is 18.5 Å². The third-order valence-corrected chi connectivity index (χ3v) is 5.02. The maximum atomic E-state index is 6.21. The molecule has 1 aliphatic rings. The molecule has 0 saturated carbocycles. The zero-order valence-corrected chi connectivity index (χ0v) is 12.4. The summed E-state index contributed by atoms with van der Waals surface area (Å²) < 4.78 is 0. The zero-order chi connectivity index (χ0) is 12.8. The Labute approximate surface area is 119 Å². The van der Waals surface area contributed by atoms with Crippen LogP contribution < -0.4 is 5.32 Å². The summed E-state index contributed by atoms with van der Waals surface area (Å²) in [4.78, 5) is 4.06. The lowest BCUT2D eigenvalue weighted by Crippen LogP contribution is -2.38. The minimum atomic E-state index is 0.555. The zero-order valence-electron chi connectivity index (χ0n) is 10.9. The van der Waals surface area contributed by atoms with E-state index < -0.39 is 0 Å². The van der Waals surface area contributed by atoms with Gasteiger partial charge >= 0.3 is 0 Å². The van der Waals surface area contributed by atoms with E-state index in [0.29, 0.717) is 6.04 Å². The normalized spacial score (nSPS) is 21.1. The molecule has 1 aromatic rings. The number of hydrogen-bond acceptors (Lipinski definition) is 3. The van der Waals surface area contributed by atoms with Gasteiger partial charge in [-0.05, 0) is 54.9 Å². The molecule has 4 heteroatoms. The highest BCUT2D eigenvalue weighted by atomic mass is 35.5. The maximum Gasteiger partial charge on any atom is 0.0621 e. The van der Waals surface area contributed by atoms with Crippen LogP contribution in [0.1, 0.15) is 25.3 Å².